The number of hydrogen-bond acceptors (Lipinski definition) is 4. The molecule has 18 heavy (non-hydrogen) atoms. The average Bonchev–Trinajstić information content (AvgIpc) is 2.37. The molecule has 1 rings (SSSR count). The Morgan fingerprint density at radius 1 is 1.28 bits per heavy atom. The third kappa shape index (κ3) is 5.65. The molecule has 0 atom stereocenters. The highest BCUT2D eigenvalue weighted by molar-refractivity contribution is 7.89. The van der Waals surface area contributed by atoms with Gasteiger partial charge in [0.25, 0.3) is 0 Å². The van der Waals surface area contributed by atoms with Gasteiger partial charge in [0.1, 0.15) is 0 Å². The first-order valence-electron chi connectivity index (χ1n) is 6.53. The Morgan fingerprint density at radius 2 is 1.94 bits per heavy atom. The van der Waals surface area contributed by atoms with Crippen LogP contribution in [-0.2, 0) is 14.8 Å². The van der Waals surface area contributed by atoms with Crippen molar-refractivity contribution in [1.82, 2.24) is 9.21 Å². The predicted molar refractivity (Wildman–Crippen MR) is 72.9 cm³/mol. The van der Waals surface area contributed by atoms with E-state index in [1.54, 1.807) is 11.4 Å². The summed E-state index contributed by atoms with van der Waals surface area (Å²) in [6.07, 6.45) is 4.60. The molecule has 0 aromatic carbocycles. The van der Waals surface area contributed by atoms with Crippen LogP contribution in [0.25, 0.3) is 0 Å². The lowest BCUT2D eigenvalue weighted by Crippen LogP contribution is -2.38. The minimum atomic E-state index is -3.04. The van der Waals surface area contributed by atoms with Gasteiger partial charge < -0.3 is 9.64 Å². The van der Waals surface area contributed by atoms with Crippen LogP contribution in [0.15, 0.2) is 0 Å². The molecule has 0 aromatic heterocycles. The maximum absolute atomic E-state index is 12.0. The van der Waals surface area contributed by atoms with Crippen molar-refractivity contribution in [3.8, 4) is 0 Å². The predicted octanol–water partition coefficient (Wildman–Crippen LogP) is 0.585. The van der Waals surface area contributed by atoms with E-state index in [1.807, 2.05) is 7.05 Å². The summed E-state index contributed by atoms with van der Waals surface area (Å²) in [5.74, 6) is 0.254. The molecule has 1 aliphatic heterocycles. The van der Waals surface area contributed by atoms with Gasteiger partial charge in [-0.3, -0.25) is 0 Å². The number of piperidine rings is 1. The average molecular weight is 277 g/mol. The minimum Gasteiger partial charge on any atom is -0.383 e. The van der Waals surface area contributed by atoms with Gasteiger partial charge in [-0.05, 0) is 39.3 Å². The summed E-state index contributed by atoms with van der Waals surface area (Å²) < 4.78 is 30.7. The van der Waals surface area contributed by atoms with Crippen LogP contribution in [0, 0.1) is 6.42 Å². The van der Waals surface area contributed by atoms with Gasteiger partial charge in [-0.15, -0.1) is 0 Å². The fourth-order valence-corrected chi connectivity index (χ4v) is 3.53. The first-order valence-corrected chi connectivity index (χ1v) is 8.14. The lowest BCUT2D eigenvalue weighted by molar-refractivity contribution is 0.161. The third-order valence-corrected chi connectivity index (χ3v) is 5.13. The first-order chi connectivity index (χ1) is 8.56. The van der Waals surface area contributed by atoms with Gasteiger partial charge in [-0.25, -0.2) is 12.7 Å². The Bertz CT molecular complexity index is 313. The van der Waals surface area contributed by atoms with Crippen LogP contribution in [0.4, 0.5) is 0 Å². The van der Waals surface area contributed by atoms with E-state index in [1.165, 1.54) is 0 Å². The fourth-order valence-electron chi connectivity index (χ4n) is 2.01. The van der Waals surface area contributed by atoms with Gasteiger partial charge in [0, 0.05) is 26.7 Å². The molecule has 0 aromatic rings. The van der Waals surface area contributed by atoms with Gasteiger partial charge in [0.2, 0.25) is 10.0 Å². The first kappa shape index (κ1) is 15.9. The zero-order chi connectivity index (χ0) is 13.4. The fraction of sp³-hybridized carbons (Fsp3) is 0.917. The second-order valence-corrected chi connectivity index (χ2v) is 6.82. The van der Waals surface area contributed by atoms with Crippen molar-refractivity contribution in [3.63, 3.8) is 0 Å². The summed E-state index contributed by atoms with van der Waals surface area (Å²) in [4.78, 5) is 2.10. The SMILES string of the molecule is COCCN(C)CCCS(=O)(=O)N1CC[CH]CC1. The highest BCUT2D eigenvalue weighted by atomic mass is 32.2. The zero-order valence-corrected chi connectivity index (χ0v) is 12.3. The number of rotatable bonds is 8. The monoisotopic (exact) mass is 277 g/mol. The van der Waals surface area contributed by atoms with E-state index in [2.05, 4.69) is 11.3 Å². The van der Waals surface area contributed by atoms with E-state index >= 15 is 0 Å². The van der Waals surface area contributed by atoms with E-state index in [-0.39, 0.29) is 5.75 Å². The molecular formula is C12H25N2O3S. The quantitative estimate of drug-likeness (QED) is 0.651. The number of hydrogen-bond donors (Lipinski definition) is 0. The molecule has 0 bridgehead atoms. The Balaban J connectivity index is 2.24. The van der Waals surface area contributed by atoms with E-state index < -0.39 is 10.0 Å². The highest BCUT2D eigenvalue weighted by Gasteiger charge is 2.23. The summed E-state index contributed by atoms with van der Waals surface area (Å²) >= 11 is 0. The molecule has 1 radical (unpaired) electrons. The molecule has 5 nitrogen and oxygen atoms in total. The summed E-state index contributed by atoms with van der Waals surface area (Å²) in [5, 5.41) is 0. The van der Waals surface area contributed by atoms with Crippen molar-refractivity contribution >= 4 is 10.0 Å². The second kappa shape index (κ2) is 8.09. The van der Waals surface area contributed by atoms with Gasteiger partial charge in [0.05, 0.1) is 12.4 Å². The van der Waals surface area contributed by atoms with Gasteiger partial charge in [-0.2, -0.15) is 0 Å². The summed E-state index contributed by atoms with van der Waals surface area (Å²) in [6.45, 7) is 3.63. The highest BCUT2D eigenvalue weighted by Crippen LogP contribution is 2.13. The topological polar surface area (TPSA) is 49.9 Å². The van der Waals surface area contributed by atoms with Crippen LogP contribution >= 0.6 is 0 Å². The summed E-state index contributed by atoms with van der Waals surface area (Å²) in [5.41, 5.74) is 0. The largest absolute Gasteiger partial charge is 0.383 e. The number of nitrogens with zero attached hydrogens (tertiary/aromatic N) is 2. The Kier molecular flexibility index (Phi) is 7.14. The third-order valence-electron chi connectivity index (χ3n) is 3.18. The van der Waals surface area contributed by atoms with Gasteiger partial charge in [-0.1, -0.05) is 0 Å². The van der Waals surface area contributed by atoms with Crippen molar-refractivity contribution in [2.45, 2.75) is 19.3 Å². The molecule has 0 saturated carbocycles. The second-order valence-electron chi connectivity index (χ2n) is 4.73. The molecule has 0 spiro atoms. The Hall–Kier alpha value is -0.170. The molecule has 0 amide bonds. The number of likely N-dealkylation sites (N-methyl/N-ethyl adjacent to an activating group) is 1. The molecule has 0 aliphatic carbocycles. The van der Waals surface area contributed by atoms with Crippen LogP contribution in [0.1, 0.15) is 19.3 Å². The summed E-state index contributed by atoms with van der Waals surface area (Å²) in [7, 11) is 0.616. The summed E-state index contributed by atoms with van der Waals surface area (Å²) in [6, 6.07) is 0. The maximum Gasteiger partial charge on any atom is 0.214 e. The van der Waals surface area contributed by atoms with Gasteiger partial charge in [0.15, 0.2) is 0 Å². The van der Waals surface area contributed by atoms with E-state index in [9.17, 15) is 8.42 Å². The van der Waals surface area contributed by atoms with Crippen molar-refractivity contribution < 1.29 is 13.2 Å². The molecular weight excluding hydrogens is 252 g/mol. The molecule has 1 fully saturated rings. The molecule has 0 unspecified atom stereocenters. The van der Waals surface area contributed by atoms with Crippen LogP contribution in [0.3, 0.4) is 0 Å². The van der Waals surface area contributed by atoms with E-state index in [4.69, 9.17) is 4.74 Å². The van der Waals surface area contributed by atoms with Crippen molar-refractivity contribution in [2.24, 2.45) is 0 Å². The number of methoxy groups -OCH3 is 1. The van der Waals surface area contributed by atoms with Crippen molar-refractivity contribution in [2.75, 3.05) is 52.7 Å². The van der Waals surface area contributed by atoms with E-state index in [0.717, 1.165) is 25.9 Å². The minimum absolute atomic E-state index is 0.254. The maximum atomic E-state index is 12.0. The van der Waals surface area contributed by atoms with Crippen LogP contribution in [0.2, 0.25) is 0 Å². The molecule has 0 N–H and O–H groups in total. The van der Waals surface area contributed by atoms with E-state index in [0.29, 0.717) is 26.1 Å². The molecule has 6 heteroatoms. The molecule has 1 heterocycles. The normalized spacial score (nSPS) is 18.4. The van der Waals surface area contributed by atoms with Crippen LogP contribution < -0.4 is 0 Å². The molecule has 1 saturated heterocycles. The zero-order valence-electron chi connectivity index (χ0n) is 11.5. The van der Waals surface area contributed by atoms with Crippen molar-refractivity contribution in [1.29, 1.82) is 0 Å². The number of sulfonamides is 1. The lowest BCUT2D eigenvalue weighted by atomic mass is 10.2. The van der Waals surface area contributed by atoms with Gasteiger partial charge >= 0.3 is 0 Å². The standard InChI is InChI=1S/C12H25N2O3S/c1-13(10-11-17-2)7-6-12-18(15,16)14-8-4-3-5-9-14/h3H,4-12H2,1-2H3. The van der Waals surface area contributed by atoms with Crippen LogP contribution in [0.5, 0.6) is 0 Å². The Labute approximate surface area is 111 Å². The Morgan fingerprint density at radius 3 is 2.56 bits per heavy atom. The lowest BCUT2D eigenvalue weighted by Gasteiger charge is -2.26. The smallest absolute Gasteiger partial charge is 0.214 e. The van der Waals surface area contributed by atoms with Crippen molar-refractivity contribution in [3.05, 3.63) is 6.42 Å². The molecule has 1 aliphatic rings. The number of ether oxygens (including phenoxy) is 1. The molecule has 107 valence electrons. The van der Waals surface area contributed by atoms with Crippen LogP contribution in [-0.4, -0.2) is 70.3 Å².